The predicted molar refractivity (Wildman–Crippen MR) is 78.4 cm³/mol. The van der Waals surface area contributed by atoms with E-state index < -0.39 is 0 Å². The number of aromatic amines is 1. The number of esters is 1. The number of anilines is 1. The minimum atomic E-state index is -0.250. The fourth-order valence-electron chi connectivity index (χ4n) is 2.16. The zero-order valence-corrected chi connectivity index (χ0v) is 11.5. The summed E-state index contributed by atoms with van der Waals surface area (Å²) >= 11 is 0. The number of nitrogens with one attached hydrogen (secondary N) is 1. The van der Waals surface area contributed by atoms with Crippen LogP contribution in [0.2, 0.25) is 0 Å². The highest BCUT2D eigenvalue weighted by atomic mass is 16.5. The topological polar surface area (TPSA) is 98.8 Å². The number of hydrogen-bond acceptors (Lipinski definition) is 5. The molecular formula is C14H15N5O2. The number of H-pyrrole nitrogens is 1. The van der Waals surface area contributed by atoms with Gasteiger partial charge in [-0.25, -0.2) is 0 Å². The smallest absolute Gasteiger partial charge is 0.307 e. The van der Waals surface area contributed by atoms with Gasteiger partial charge in [-0.2, -0.15) is 10.2 Å². The Bertz CT molecular complexity index is 790. The van der Waals surface area contributed by atoms with E-state index in [1.165, 1.54) is 7.11 Å². The molecule has 0 bridgehead atoms. The van der Waals surface area contributed by atoms with Crippen LogP contribution in [0, 0.1) is 0 Å². The first-order valence-corrected chi connectivity index (χ1v) is 6.50. The molecule has 108 valence electrons. The van der Waals surface area contributed by atoms with Crippen LogP contribution in [0.1, 0.15) is 6.42 Å². The van der Waals surface area contributed by atoms with Crippen LogP contribution in [0.15, 0.2) is 30.6 Å². The average molecular weight is 285 g/mol. The van der Waals surface area contributed by atoms with E-state index in [0.717, 1.165) is 22.0 Å². The van der Waals surface area contributed by atoms with Crippen LogP contribution in [0.4, 0.5) is 5.82 Å². The van der Waals surface area contributed by atoms with Crippen LogP contribution in [0.5, 0.6) is 0 Å². The highest BCUT2D eigenvalue weighted by molar-refractivity contribution is 5.92. The number of rotatable bonds is 4. The molecule has 0 radical (unpaired) electrons. The summed E-state index contributed by atoms with van der Waals surface area (Å²) in [6.07, 6.45) is 3.94. The maximum atomic E-state index is 11.1. The molecule has 0 amide bonds. The van der Waals surface area contributed by atoms with Crippen molar-refractivity contribution in [3.8, 4) is 11.1 Å². The van der Waals surface area contributed by atoms with Gasteiger partial charge in [0.25, 0.3) is 0 Å². The van der Waals surface area contributed by atoms with Gasteiger partial charge in [-0.1, -0.05) is 6.07 Å². The molecule has 0 unspecified atom stereocenters. The summed E-state index contributed by atoms with van der Waals surface area (Å²) in [5, 5.41) is 12.0. The highest BCUT2D eigenvalue weighted by Gasteiger charge is 2.07. The Morgan fingerprint density at radius 2 is 2.29 bits per heavy atom. The van der Waals surface area contributed by atoms with Crippen molar-refractivity contribution in [2.45, 2.75) is 13.0 Å². The normalized spacial score (nSPS) is 10.9. The monoisotopic (exact) mass is 285 g/mol. The minimum Gasteiger partial charge on any atom is -0.469 e. The molecule has 0 fully saturated rings. The highest BCUT2D eigenvalue weighted by Crippen LogP contribution is 2.25. The van der Waals surface area contributed by atoms with Gasteiger partial charge in [0.05, 0.1) is 31.8 Å². The van der Waals surface area contributed by atoms with Crippen molar-refractivity contribution < 1.29 is 9.53 Å². The number of hydrogen-bond donors (Lipinski definition) is 2. The third-order valence-electron chi connectivity index (χ3n) is 3.33. The van der Waals surface area contributed by atoms with E-state index in [0.29, 0.717) is 18.8 Å². The van der Waals surface area contributed by atoms with Crippen LogP contribution in [-0.2, 0) is 16.1 Å². The summed E-state index contributed by atoms with van der Waals surface area (Å²) in [5.41, 5.74) is 8.67. The summed E-state index contributed by atoms with van der Waals surface area (Å²) in [4.78, 5) is 11.1. The van der Waals surface area contributed by atoms with Gasteiger partial charge < -0.3 is 10.5 Å². The van der Waals surface area contributed by atoms with Gasteiger partial charge in [0.1, 0.15) is 0 Å². The van der Waals surface area contributed by atoms with Gasteiger partial charge in [0, 0.05) is 17.1 Å². The van der Waals surface area contributed by atoms with Gasteiger partial charge in [-0.05, 0) is 17.7 Å². The van der Waals surface area contributed by atoms with Gasteiger partial charge >= 0.3 is 5.97 Å². The Hall–Kier alpha value is -2.83. The molecule has 0 spiro atoms. The lowest BCUT2D eigenvalue weighted by atomic mass is 10.1. The number of nitrogens with two attached hydrogens (primary N) is 1. The molecule has 3 rings (SSSR count). The number of aryl methyl sites for hydroxylation is 1. The Morgan fingerprint density at radius 3 is 3.10 bits per heavy atom. The number of aromatic nitrogens is 4. The molecule has 7 nitrogen and oxygen atoms in total. The SMILES string of the molecule is COC(=O)CCn1cc(-c2ccc3[nH]nc(N)c3c2)cn1. The molecule has 0 saturated carbocycles. The van der Waals surface area contributed by atoms with Crippen LogP contribution in [0.3, 0.4) is 0 Å². The third-order valence-corrected chi connectivity index (χ3v) is 3.33. The predicted octanol–water partition coefficient (Wildman–Crippen LogP) is 1.57. The number of carbonyl (C=O) groups excluding carboxylic acids is 1. The summed E-state index contributed by atoms with van der Waals surface area (Å²) < 4.78 is 6.33. The number of ether oxygens (including phenoxy) is 1. The molecule has 0 saturated heterocycles. The van der Waals surface area contributed by atoms with E-state index in [9.17, 15) is 4.79 Å². The second kappa shape index (κ2) is 5.28. The van der Waals surface area contributed by atoms with E-state index >= 15 is 0 Å². The standard InChI is InChI=1S/C14H15N5O2/c1-21-13(20)4-5-19-8-10(7-16-19)9-2-3-12-11(6-9)14(15)18-17-12/h2-3,6-8H,4-5H2,1H3,(H3,15,17,18). The number of fused-ring (bicyclic) bond motifs is 1. The molecule has 3 aromatic rings. The van der Waals surface area contributed by atoms with Gasteiger partial charge in [-0.15, -0.1) is 0 Å². The average Bonchev–Trinajstić information content (AvgIpc) is 3.12. The summed E-state index contributed by atoms with van der Waals surface area (Å²) in [5.74, 6) is 0.226. The van der Waals surface area contributed by atoms with Crippen LogP contribution in [-0.4, -0.2) is 33.1 Å². The second-order valence-corrected chi connectivity index (χ2v) is 4.69. The first kappa shape index (κ1) is 13.2. The molecule has 0 atom stereocenters. The largest absolute Gasteiger partial charge is 0.469 e. The number of carbonyl (C=O) groups is 1. The van der Waals surface area contributed by atoms with Gasteiger partial charge in [-0.3, -0.25) is 14.6 Å². The van der Waals surface area contributed by atoms with Crippen molar-refractivity contribution in [1.29, 1.82) is 0 Å². The fraction of sp³-hybridized carbons (Fsp3) is 0.214. The lowest BCUT2D eigenvalue weighted by Gasteiger charge is -2.00. The Labute approximate surface area is 120 Å². The zero-order valence-electron chi connectivity index (χ0n) is 11.5. The van der Waals surface area contributed by atoms with E-state index in [-0.39, 0.29) is 5.97 Å². The number of nitrogen functional groups attached to an aromatic ring is 1. The maximum Gasteiger partial charge on any atom is 0.307 e. The Kier molecular flexibility index (Phi) is 3.31. The fourth-order valence-corrected chi connectivity index (χ4v) is 2.16. The maximum absolute atomic E-state index is 11.1. The van der Waals surface area contributed by atoms with Gasteiger partial charge in [0.2, 0.25) is 0 Å². The van der Waals surface area contributed by atoms with Crippen LogP contribution in [0.25, 0.3) is 22.0 Å². The quantitative estimate of drug-likeness (QED) is 0.709. The first-order valence-electron chi connectivity index (χ1n) is 6.50. The lowest BCUT2D eigenvalue weighted by molar-refractivity contribution is -0.140. The van der Waals surface area contributed by atoms with E-state index in [2.05, 4.69) is 20.0 Å². The van der Waals surface area contributed by atoms with Gasteiger partial charge in [0.15, 0.2) is 5.82 Å². The van der Waals surface area contributed by atoms with Crippen molar-refractivity contribution >= 4 is 22.7 Å². The molecular weight excluding hydrogens is 270 g/mol. The Balaban J connectivity index is 1.83. The van der Waals surface area contributed by atoms with Crippen molar-refractivity contribution in [2.75, 3.05) is 12.8 Å². The van der Waals surface area contributed by atoms with Crippen LogP contribution >= 0.6 is 0 Å². The molecule has 21 heavy (non-hydrogen) atoms. The third kappa shape index (κ3) is 2.58. The second-order valence-electron chi connectivity index (χ2n) is 4.69. The number of benzene rings is 1. The van der Waals surface area contributed by atoms with Crippen molar-refractivity contribution in [3.63, 3.8) is 0 Å². The molecule has 7 heteroatoms. The molecule has 3 N–H and O–H groups in total. The lowest BCUT2D eigenvalue weighted by Crippen LogP contribution is -2.07. The van der Waals surface area contributed by atoms with Crippen molar-refractivity contribution in [2.24, 2.45) is 0 Å². The summed E-state index contributed by atoms with van der Waals surface area (Å²) in [6.45, 7) is 0.489. The molecule has 1 aromatic carbocycles. The number of nitrogens with zero attached hydrogens (tertiary/aromatic N) is 3. The zero-order chi connectivity index (χ0) is 14.8. The number of methoxy groups -OCH3 is 1. The van der Waals surface area contributed by atoms with E-state index in [1.54, 1.807) is 10.9 Å². The first-order chi connectivity index (χ1) is 10.2. The summed E-state index contributed by atoms with van der Waals surface area (Å²) in [7, 11) is 1.38. The van der Waals surface area contributed by atoms with E-state index in [1.807, 2.05) is 24.4 Å². The minimum absolute atomic E-state index is 0.250. The summed E-state index contributed by atoms with van der Waals surface area (Å²) in [6, 6.07) is 5.87. The van der Waals surface area contributed by atoms with Crippen LogP contribution < -0.4 is 5.73 Å². The van der Waals surface area contributed by atoms with Crippen molar-refractivity contribution in [1.82, 2.24) is 20.0 Å². The van der Waals surface area contributed by atoms with E-state index in [4.69, 9.17) is 5.73 Å². The van der Waals surface area contributed by atoms with Crippen molar-refractivity contribution in [3.05, 3.63) is 30.6 Å². The molecule has 0 aliphatic carbocycles. The molecule has 0 aliphatic rings. The molecule has 0 aliphatic heterocycles. The molecule has 2 aromatic heterocycles. The molecule has 2 heterocycles. The Morgan fingerprint density at radius 1 is 1.43 bits per heavy atom.